The highest BCUT2D eigenvalue weighted by molar-refractivity contribution is 6.45. The first kappa shape index (κ1) is 24.3. The number of carbonyl (C=O) groups is 5. The number of imide groups is 2. The van der Waals surface area contributed by atoms with Crippen LogP contribution in [0.4, 0.5) is 10.5 Å². The summed E-state index contributed by atoms with van der Waals surface area (Å²) in [6, 6.07) is 24.0. The van der Waals surface area contributed by atoms with Gasteiger partial charge in [0.2, 0.25) is 5.91 Å². The maximum atomic E-state index is 12.7. The van der Waals surface area contributed by atoms with Crippen molar-refractivity contribution in [2.45, 2.75) is 13.0 Å². The Labute approximate surface area is 207 Å². The van der Waals surface area contributed by atoms with Gasteiger partial charge in [0, 0.05) is 6.54 Å². The van der Waals surface area contributed by atoms with Crippen LogP contribution in [0.2, 0.25) is 0 Å². The number of para-hydroxylation sites is 1. The van der Waals surface area contributed by atoms with E-state index in [0.29, 0.717) is 23.4 Å². The van der Waals surface area contributed by atoms with Crippen molar-refractivity contribution < 1.29 is 24.0 Å². The lowest BCUT2D eigenvalue weighted by atomic mass is 10.1. The van der Waals surface area contributed by atoms with Crippen molar-refractivity contribution in [1.82, 2.24) is 15.1 Å². The van der Waals surface area contributed by atoms with Crippen molar-refractivity contribution in [2.24, 2.45) is 0 Å². The molecule has 1 heterocycles. The highest BCUT2D eigenvalue weighted by Crippen LogP contribution is 2.18. The van der Waals surface area contributed by atoms with Crippen LogP contribution in [0.1, 0.15) is 21.5 Å². The Kier molecular flexibility index (Phi) is 7.50. The minimum atomic E-state index is -1.07. The fraction of sp³-hybridized carbons (Fsp3) is 0.148. The summed E-state index contributed by atoms with van der Waals surface area (Å²) in [5, 5.41) is 5.39. The van der Waals surface area contributed by atoms with Gasteiger partial charge in [-0.05, 0) is 29.7 Å². The number of amides is 6. The molecule has 1 fully saturated rings. The minimum Gasteiger partial charge on any atom is -0.352 e. The van der Waals surface area contributed by atoms with E-state index in [1.54, 1.807) is 54.6 Å². The van der Waals surface area contributed by atoms with Crippen molar-refractivity contribution in [1.29, 1.82) is 0 Å². The maximum Gasteiger partial charge on any atom is 0.335 e. The van der Waals surface area contributed by atoms with Crippen LogP contribution in [0.5, 0.6) is 0 Å². The average Bonchev–Trinajstić information content (AvgIpc) is 3.08. The zero-order valence-electron chi connectivity index (χ0n) is 19.3. The summed E-state index contributed by atoms with van der Waals surface area (Å²) in [6.45, 7) is -0.325. The molecule has 6 amide bonds. The molecule has 1 saturated heterocycles. The Morgan fingerprint density at radius 1 is 0.694 bits per heavy atom. The number of nitrogens with zero attached hydrogens (tertiary/aromatic N) is 2. The second-order valence-electron chi connectivity index (χ2n) is 8.14. The van der Waals surface area contributed by atoms with Crippen LogP contribution in [0.15, 0.2) is 84.9 Å². The Balaban J connectivity index is 1.37. The van der Waals surface area contributed by atoms with E-state index in [1.165, 1.54) is 0 Å². The number of nitrogens with one attached hydrogen (secondary N) is 2. The Morgan fingerprint density at radius 3 is 1.97 bits per heavy atom. The summed E-state index contributed by atoms with van der Waals surface area (Å²) < 4.78 is 0. The monoisotopic (exact) mass is 484 g/mol. The van der Waals surface area contributed by atoms with Crippen molar-refractivity contribution in [3.05, 3.63) is 102 Å². The van der Waals surface area contributed by atoms with E-state index in [2.05, 4.69) is 10.6 Å². The molecule has 0 saturated carbocycles. The third-order valence-corrected chi connectivity index (χ3v) is 5.61. The zero-order chi connectivity index (χ0) is 25.5. The fourth-order valence-electron chi connectivity index (χ4n) is 3.78. The van der Waals surface area contributed by atoms with Crippen LogP contribution in [0.3, 0.4) is 0 Å². The molecule has 1 aliphatic rings. The molecule has 0 spiro atoms. The molecule has 0 atom stereocenters. The van der Waals surface area contributed by atoms with Crippen molar-refractivity contribution >= 4 is 35.3 Å². The molecule has 9 heteroatoms. The highest BCUT2D eigenvalue weighted by atomic mass is 16.2. The lowest BCUT2D eigenvalue weighted by Crippen LogP contribution is -2.39. The van der Waals surface area contributed by atoms with Gasteiger partial charge in [-0.15, -0.1) is 0 Å². The van der Waals surface area contributed by atoms with Gasteiger partial charge in [0.15, 0.2) is 0 Å². The molecule has 2 N–H and O–H groups in total. The van der Waals surface area contributed by atoms with E-state index in [1.807, 2.05) is 30.3 Å². The third-order valence-electron chi connectivity index (χ3n) is 5.61. The number of rotatable bonds is 9. The van der Waals surface area contributed by atoms with Gasteiger partial charge in [0.25, 0.3) is 5.91 Å². The smallest absolute Gasteiger partial charge is 0.335 e. The number of carbonyl (C=O) groups excluding carboxylic acids is 5. The molecule has 0 radical (unpaired) electrons. The number of hydrogen-bond donors (Lipinski definition) is 2. The van der Waals surface area contributed by atoms with Gasteiger partial charge in [-0.1, -0.05) is 72.8 Å². The number of benzene rings is 3. The third kappa shape index (κ3) is 5.64. The minimum absolute atomic E-state index is 0.0750. The van der Waals surface area contributed by atoms with Gasteiger partial charge in [-0.25, -0.2) is 9.69 Å². The Hall–Kier alpha value is -4.79. The predicted octanol–water partition coefficient (Wildman–Crippen LogP) is 2.59. The summed E-state index contributed by atoms with van der Waals surface area (Å²) in [6.07, 6.45) is 0.647. The molecule has 3 aromatic carbocycles. The Morgan fingerprint density at radius 2 is 1.28 bits per heavy atom. The molecule has 0 bridgehead atoms. The van der Waals surface area contributed by atoms with Crippen LogP contribution >= 0.6 is 0 Å². The first-order valence-corrected chi connectivity index (χ1v) is 11.4. The second kappa shape index (κ2) is 11.1. The lowest BCUT2D eigenvalue weighted by Gasteiger charge is -2.16. The molecular weight excluding hydrogens is 460 g/mol. The van der Waals surface area contributed by atoms with Gasteiger partial charge < -0.3 is 10.6 Å². The standard InChI is InChI=1S/C27H24N4O5/c32-23(18-31-26(35)25(34)30(27(31)36)17-20-11-5-2-6-12-20)29-22-14-8-7-13-21(22)24(33)28-16-15-19-9-3-1-4-10-19/h1-14H,15-18H2,(H,28,33)(H,29,32). The van der Waals surface area contributed by atoms with E-state index in [9.17, 15) is 24.0 Å². The van der Waals surface area contributed by atoms with Gasteiger partial charge in [0.1, 0.15) is 6.54 Å². The maximum absolute atomic E-state index is 12.7. The average molecular weight is 485 g/mol. The topological polar surface area (TPSA) is 116 Å². The first-order chi connectivity index (χ1) is 17.4. The fourth-order valence-corrected chi connectivity index (χ4v) is 3.78. The SMILES string of the molecule is O=C(CN1C(=O)C(=O)N(Cc2ccccc2)C1=O)Nc1ccccc1C(=O)NCCc1ccccc1. The normalized spacial score (nSPS) is 13.2. The van der Waals surface area contributed by atoms with Crippen LogP contribution in [0, 0.1) is 0 Å². The lowest BCUT2D eigenvalue weighted by molar-refractivity contribution is -0.143. The van der Waals surface area contributed by atoms with E-state index >= 15 is 0 Å². The molecule has 0 aromatic heterocycles. The second-order valence-corrected chi connectivity index (χ2v) is 8.14. The Bertz CT molecular complexity index is 1290. The van der Waals surface area contributed by atoms with Crippen LogP contribution < -0.4 is 10.6 Å². The molecule has 36 heavy (non-hydrogen) atoms. The largest absolute Gasteiger partial charge is 0.352 e. The summed E-state index contributed by atoms with van der Waals surface area (Å²) in [4.78, 5) is 64.2. The van der Waals surface area contributed by atoms with Gasteiger partial charge in [-0.2, -0.15) is 0 Å². The van der Waals surface area contributed by atoms with Gasteiger partial charge >= 0.3 is 17.8 Å². The van der Waals surface area contributed by atoms with E-state index in [0.717, 1.165) is 10.5 Å². The van der Waals surface area contributed by atoms with Crippen molar-refractivity contribution in [3.63, 3.8) is 0 Å². The summed E-state index contributed by atoms with van der Waals surface area (Å²) in [5.41, 5.74) is 2.21. The molecule has 182 valence electrons. The summed E-state index contributed by atoms with van der Waals surface area (Å²) >= 11 is 0. The number of urea groups is 1. The van der Waals surface area contributed by atoms with Crippen LogP contribution in [-0.2, 0) is 27.3 Å². The molecule has 3 aromatic rings. The van der Waals surface area contributed by atoms with Crippen LogP contribution in [-0.4, -0.2) is 52.5 Å². The van der Waals surface area contributed by atoms with Gasteiger partial charge in [-0.3, -0.25) is 24.1 Å². The zero-order valence-corrected chi connectivity index (χ0v) is 19.3. The van der Waals surface area contributed by atoms with E-state index < -0.39 is 30.3 Å². The molecule has 0 aliphatic carbocycles. The molecule has 1 aliphatic heterocycles. The summed E-state index contributed by atoms with van der Waals surface area (Å²) in [7, 11) is 0. The molecular formula is C27H24N4O5. The predicted molar refractivity (Wildman–Crippen MR) is 132 cm³/mol. The van der Waals surface area contributed by atoms with E-state index in [-0.39, 0.29) is 23.7 Å². The van der Waals surface area contributed by atoms with Crippen LogP contribution in [0.25, 0.3) is 0 Å². The quantitative estimate of drug-likeness (QED) is 0.358. The molecule has 4 rings (SSSR count). The first-order valence-electron chi connectivity index (χ1n) is 11.4. The highest BCUT2D eigenvalue weighted by Gasteiger charge is 2.45. The van der Waals surface area contributed by atoms with E-state index in [4.69, 9.17) is 0 Å². The number of anilines is 1. The number of hydrogen-bond acceptors (Lipinski definition) is 5. The van der Waals surface area contributed by atoms with Crippen molar-refractivity contribution in [2.75, 3.05) is 18.4 Å². The molecule has 0 unspecified atom stereocenters. The summed E-state index contributed by atoms with van der Waals surface area (Å²) in [5.74, 6) is -3.15. The molecule has 9 nitrogen and oxygen atoms in total. The van der Waals surface area contributed by atoms with Gasteiger partial charge in [0.05, 0.1) is 17.8 Å². The van der Waals surface area contributed by atoms with Crippen molar-refractivity contribution in [3.8, 4) is 0 Å².